The molecule has 20 heteroatoms. The van der Waals surface area contributed by atoms with Gasteiger partial charge in [0.05, 0.1) is 32.0 Å². The van der Waals surface area contributed by atoms with Crippen LogP contribution in [0, 0.1) is 0 Å². The highest BCUT2D eigenvalue weighted by Crippen LogP contribution is 2.35. The second-order valence-electron chi connectivity index (χ2n) is 10.5. The summed E-state index contributed by atoms with van der Waals surface area (Å²) in [7, 11) is 0. The van der Waals surface area contributed by atoms with Crippen LogP contribution in [0.1, 0.15) is 13.3 Å². The van der Waals surface area contributed by atoms with E-state index in [1.54, 1.807) is 0 Å². The monoisotopic (exact) mass is 633 g/mol. The Morgan fingerprint density at radius 1 is 0.930 bits per heavy atom. The molecule has 43 heavy (non-hydrogen) atoms. The number of carbonyl (C=O) groups is 2. The number of aliphatic carboxylic acids is 1. The van der Waals surface area contributed by atoms with Crippen LogP contribution < -0.4 is 5.32 Å². The van der Waals surface area contributed by atoms with Crippen LogP contribution in [-0.4, -0.2) is 191 Å². The molecule has 3 heterocycles. The average Bonchev–Trinajstić information content (AvgIpc) is 2.96. The van der Waals surface area contributed by atoms with Gasteiger partial charge in [-0.2, -0.15) is 0 Å². The molecule has 250 valence electrons. The predicted molar refractivity (Wildman–Crippen MR) is 130 cm³/mol. The number of aliphatic hydroxyl groups excluding tert-OH is 11. The summed E-state index contributed by atoms with van der Waals surface area (Å²) < 4.78 is 26.7. The zero-order valence-corrected chi connectivity index (χ0v) is 22.7. The van der Waals surface area contributed by atoms with E-state index in [2.05, 4.69) is 5.32 Å². The van der Waals surface area contributed by atoms with E-state index in [0.717, 1.165) is 6.92 Å². The van der Waals surface area contributed by atoms with Crippen LogP contribution in [-0.2, 0) is 33.3 Å². The quantitative estimate of drug-likeness (QED) is 0.100. The van der Waals surface area contributed by atoms with E-state index in [-0.39, 0.29) is 0 Å². The average molecular weight is 634 g/mol. The Bertz CT molecular complexity index is 942. The number of hydrogen-bond donors (Lipinski definition) is 13. The van der Waals surface area contributed by atoms with Gasteiger partial charge in [-0.3, -0.25) is 4.79 Å². The van der Waals surface area contributed by atoms with Crippen LogP contribution in [0.2, 0.25) is 0 Å². The maximum absolute atomic E-state index is 12.3. The third kappa shape index (κ3) is 7.58. The fourth-order valence-electron chi connectivity index (χ4n) is 5.05. The van der Waals surface area contributed by atoms with Gasteiger partial charge in [-0.25, -0.2) is 4.79 Å². The highest BCUT2D eigenvalue weighted by molar-refractivity contribution is 5.76. The summed E-state index contributed by atoms with van der Waals surface area (Å²) in [5.41, 5.74) is 0. The number of amides is 1. The Kier molecular flexibility index (Phi) is 12.1. The summed E-state index contributed by atoms with van der Waals surface area (Å²) in [4.78, 5) is 24.0. The first-order chi connectivity index (χ1) is 20.1. The molecule has 3 aliphatic heterocycles. The summed E-state index contributed by atoms with van der Waals surface area (Å²) in [6, 6.07) is -1.48. The van der Waals surface area contributed by atoms with Crippen molar-refractivity contribution in [2.45, 2.75) is 111 Å². The molecular formula is C23H39NO19. The minimum absolute atomic E-state index is 0.719. The van der Waals surface area contributed by atoms with Gasteiger partial charge >= 0.3 is 5.97 Å². The number of hydrogen-bond acceptors (Lipinski definition) is 18. The van der Waals surface area contributed by atoms with Gasteiger partial charge < -0.3 is 90.3 Å². The number of rotatable bonds is 11. The summed E-state index contributed by atoms with van der Waals surface area (Å²) in [6.07, 6.45) is -27.0. The van der Waals surface area contributed by atoms with Crippen molar-refractivity contribution in [2.75, 3.05) is 19.8 Å². The SMILES string of the molecule is CC(=O)N[C@H]1[C@H]([C@H](O)[C@H](O)CO)OC(OC[C@H]2O[C@@H](O[C@H]3[C@H](O)[C@@H](O)C(O)O[C@@H]3CO)[C@H](O)[C@@H](O)[C@H]2O)(C(=O)O)C[C@@H]1O. The summed E-state index contributed by atoms with van der Waals surface area (Å²) >= 11 is 0. The Labute approximate surface area is 243 Å². The fraction of sp³-hybridized carbons (Fsp3) is 0.913. The molecule has 2 unspecified atom stereocenters. The van der Waals surface area contributed by atoms with E-state index in [9.17, 15) is 70.9 Å². The molecule has 0 radical (unpaired) electrons. The molecule has 13 N–H and O–H groups in total. The van der Waals surface area contributed by atoms with Gasteiger partial charge in [0, 0.05) is 13.3 Å². The van der Waals surface area contributed by atoms with E-state index in [4.69, 9.17) is 23.7 Å². The van der Waals surface area contributed by atoms with Crippen LogP contribution >= 0.6 is 0 Å². The van der Waals surface area contributed by atoms with Crippen molar-refractivity contribution >= 4 is 11.9 Å². The van der Waals surface area contributed by atoms with Crippen LogP contribution in [0.3, 0.4) is 0 Å². The lowest BCUT2D eigenvalue weighted by molar-refractivity contribution is -0.364. The molecule has 0 aromatic carbocycles. The topological polar surface area (TPSA) is 335 Å². The van der Waals surface area contributed by atoms with Crippen LogP contribution in [0.4, 0.5) is 0 Å². The number of carboxylic acids is 1. The number of aliphatic hydroxyl groups is 11. The van der Waals surface area contributed by atoms with Crippen LogP contribution in [0.5, 0.6) is 0 Å². The third-order valence-electron chi connectivity index (χ3n) is 7.47. The Morgan fingerprint density at radius 3 is 2.14 bits per heavy atom. The third-order valence-corrected chi connectivity index (χ3v) is 7.47. The van der Waals surface area contributed by atoms with Crippen molar-refractivity contribution in [3.8, 4) is 0 Å². The molecule has 3 rings (SSSR count). The minimum atomic E-state index is -2.83. The molecule has 3 saturated heterocycles. The molecule has 16 atom stereocenters. The maximum Gasteiger partial charge on any atom is 0.364 e. The highest BCUT2D eigenvalue weighted by Gasteiger charge is 2.57. The number of ether oxygens (including phenoxy) is 5. The van der Waals surface area contributed by atoms with Crippen molar-refractivity contribution in [2.24, 2.45) is 0 Å². The van der Waals surface area contributed by atoms with Crippen molar-refractivity contribution in [1.29, 1.82) is 0 Å². The molecule has 0 spiro atoms. The van der Waals surface area contributed by atoms with E-state index in [1.165, 1.54) is 0 Å². The van der Waals surface area contributed by atoms with Gasteiger partial charge in [0.1, 0.15) is 67.1 Å². The first kappa shape index (κ1) is 35.8. The molecule has 0 aromatic heterocycles. The lowest BCUT2D eigenvalue weighted by Crippen LogP contribution is -2.68. The van der Waals surface area contributed by atoms with Gasteiger partial charge in [-0.15, -0.1) is 0 Å². The zero-order chi connectivity index (χ0) is 32.4. The smallest absolute Gasteiger partial charge is 0.364 e. The zero-order valence-electron chi connectivity index (χ0n) is 22.7. The normalized spacial score (nSPS) is 45.3. The molecule has 1 amide bonds. The number of nitrogens with one attached hydrogen (secondary N) is 1. The van der Waals surface area contributed by atoms with Gasteiger partial charge in [0.15, 0.2) is 12.6 Å². The highest BCUT2D eigenvalue weighted by atomic mass is 16.8. The van der Waals surface area contributed by atoms with E-state index in [0.29, 0.717) is 0 Å². The molecular weight excluding hydrogens is 594 g/mol. The van der Waals surface area contributed by atoms with Gasteiger partial charge in [-0.05, 0) is 0 Å². The first-order valence-electron chi connectivity index (χ1n) is 13.2. The molecule has 3 aliphatic rings. The molecule has 20 nitrogen and oxygen atoms in total. The second-order valence-corrected chi connectivity index (χ2v) is 10.5. The van der Waals surface area contributed by atoms with Gasteiger partial charge in [0.25, 0.3) is 5.79 Å². The van der Waals surface area contributed by atoms with E-state index < -0.39 is 136 Å². The van der Waals surface area contributed by atoms with Gasteiger partial charge in [-0.1, -0.05) is 0 Å². The molecule has 0 aliphatic carbocycles. The van der Waals surface area contributed by atoms with Crippen LogP contribution in [0.15, 0.2) is 0 Å². The first-order valence-corrected chi connectivity index (χ1v) is 13.2. The Hall–Kier alpha value is -1.70. The summed E-state index contributed by atoms with van der Waals surface area (Å²) in [5, 5.41) is 123. The standard InChI is InChI=1S/C23H39NO19/c1-6(27)24-11-7(28)2-23(22(37)38,43-19(11)12(30)8(29)3-25)39-5-10-13(31)14(32)17(35)21(41-10)42-18-9(4-26)40-20(36)16(34)15(18)33/h7-21,25-26,28-36H,2-5H2,1H3,(H,24,27)(H,37,38)/t7-,8+,9+,10+,11+,12+,13-,14-,15+,16+,17+,18+,19+,20?,21-,23?/m0/s1. The molecule has 0 saturated carbocycles. The molecule has 0 aromatic rings. The van der Waals surface area contributed by atoms with Crippen LogP contribution in [0.25, 0.3) is 0 Å². The number of carbonyl (C=O) groups excluding carboxylic acids is 1. The second kappa shape index (κ2) is 14.6. The Balaban J connectivity index is 1.82. The molecule has 3 fully saturated rings. The fourth-order valence-corrected chi connectivity index (χ4v) is 5.05. The van der Waals surface area contributed by atoms with E-state index >= 15 is 0 Å². The lowest BCUT2D eigenvalue weighted by atomic mass is 9.88. The minimum Gasteiger partial charge on any atom is -0.477 e. The van der Waals surface area contributed by atoms with Crippen molar-refractivity contribution in [3.05, 3.63) is 0 Å². The molecule has 0 bridgehead atoms. The summed E-state index contributed by atoms with van der Waals surface area (Å²) in [5.74, 6) is -5.42. The van der Waals surface area contributed by atoms with E-state index in [1.807, 2.05) is 0 Å². The maximum atomic E-state index is 12.3. The number of carboxylic acid groups (broad SMARTS) is 1. The van der Waals surface area contributed by atoms with Crippen molar-refractivity contribution < 1.29 is 94.6 Å². The van der Waals surface area contributed by atoms with Crippen molar-refractivity contribution in [3.63, 3.8) is 0 Å². The van der Waals surface area contributed by atoms with Gasteiger partial charge in [0.2, 0.25) is 5.91 Å². The Morgan fingerprint density at radius 2 is 1.58 bits per heavy atom. The predicted octanol–water partition coefficient (Wildman–Crippen LogP) is -8.22. The largest absolute Gasteiger partial charge is 0.477 e. The lowest BCUT2D eigenvalue weighted by Gasteiger charge is -2.48. The van der Waals surface area contributed by atoms with Crippen molar-refractivity contribution in [1.82, 2.24) is 5.32 Å². The summed E-state index contributed by atoms with van der Waals surface area (Å²) in [6.45, 7) is -1.76.